The maximum absolute atomic E-state index is 4.51. The van der Waals surface area contributed by atoms with E-state index in [9.17, 15) is 0 Å². The molecule has 0 aliphatic carbocycles. The molecule has 0 saturated heterocycles. The second kappa shape index (κ2) is 5.07. The molecule has 0 radical (unpaired) electrons. The van der Waals surface area contributed by atoms with E-state index in [2.05, 4.69) is 79.2 Å². The zero-order valence-electron chi connectivity index (χ0n) is 14.2. The lowest BCUT2D eigenvalue weighted by Gasteiger charge is -2.34. The van der Waals surface area contributed by atoms with Gasteiger partial charge < -0.3 is 4.90 Å². The van der Waals surface area contributed by atoms with Gasteiger partial charge in [-0.25, -0.2) is 0 Å². The number of rotatable bonds is 3. The van der Waals surface area contributed by atoms with Crippen molar-refractivity contribution in [3.8, 4) is 0 Å². The molecule has 0 atom stereocenters. The van der Waals surface area contributed by atoms with E-state index < -0.39 is 0 Å². The van der Waals surface area contributed by atoms with Gasteiger partial charge in [-0.2, -0.15) is 4.80 Å². The number of fused-ring (bicyclic) bond motifs is 1. The van der Waals surface area contributed by atoms with Crippen LogP contribution in [0.1, 0.15) is 46.0 Å². The fourth-order valence-electron chi connectivity index (χ4n) is 3.07. The zero-order chi connectivity index (χ0) is 16.0. The topological polar surface area (TPSA) is 46.8 Å². The van der Waals surface area contributed by atoms with Crippen molar-refractivity contribution in [2.45, 2.75) is 58.5 Å². The predicted octanol–water partition coefficient (Wildman–Crippen LogP) is 2.81. The molecule has 0 bridgehead atoms. The van der Waals surface area contributed by atoms with Gasteiger partial charge in [0.15, 0.2) is 5.82 Å². The summed E-state index contributed by atoms with van der Waals surface area (Å²) in [6.07, 6.45) is 1.90. The summed E-state index contributed by atoms with van der Waals surface area (Å²) in [4.78, 5) is 4.17. The van der Waals surface area contributed by atoms with E-state index >= 15 is 0 Å². The standard InChI is InChI=1S/C17H25N5/c1-16(2,3)22-19-15(18-20-22)10-11-21-14-9-7-6-8-13(14)12-17(21,4)5/h6-9H,10-12H2,1-5H3. The van der Waals surface area contributed by atoms with Gasteiger partial charge in [0.2, 0.25) is 0 Å². The minimum Gasteiger partial charge on any atom is -0.365 e. The van der Waals surface area contributed by atoms with Crippen LogP contribution in [0.3, 0.4) is 0 Å². The molecule has 2 heterocycles. The molecule has 1 aliphatic rings. The van der Waals surface area contributed by atoms with E-state index in [1.165, 1.54) is 11.3 Å². The molecule has 0 N–H and O–H groups in total. The monoisotopic (exact) mass is 299 g/mol. The number of aromatic nitrogens is 4. The van der Waals surface area contributed by atoms with Crippen LogP contribution in [0.25, 0.3) is 0 Å². The van der Waals surface area contributed by atoms with Gasteiger partial charge in [0.25, 0.3) is 0 Å². The van der Waals surface area contributed by atoms with Crippen molar-refractivity contribution in [1.82, 2.24) is 20.2 Å². The number of nitrogens with zero attached hydrogens (tertiary/aromatic N) is 5. The number of tetrazole rings is 1. The SMILES string of the molecule is CC1(C)Cc2ccccc2N1CCc1nnn(C(C)(C)C)n1. The first kappa shape index (κ1) is 15.0. The van der Waals surface area contributed by atoms with Crippen molar-refractivity contribution in [3.63, 3.8) is 0 Å². The highest BCUT2D eigenvalue weighted by atomic mass is 15.6. The molecule has 0 amide bonds. The Morgan fingerprint density at radius 3 is 2.59 bits per heavy atom. The highest BCUT2D eigenvalue weighted by Gasteiger charge is 2.35. The van der Waals surface area contributed by atoms with Crippen LogP contribution in [0.4, 0.5) is 5.69 Å². The first-order chi connectivity index (χ1) is 10.3. The molecule has 22 heavy (non-hydrogen) atoms. The number of anilines is 1. The Hall–Kier alpha value is -1.91. The van der Waals surface area contributed by atoms with Crippen LogP contribution in [-0.4, -0.2) is 32.3 Å². The van der Waals surface area contributed by atoms with Crippen LogP contribution in [0, 0.1) is 0 Å². The van der Waals surface area contributed by atoms with Crippen LogP contribution >= 0.6 is 0 Å². The van der Waals surface area contributed by atoms with Gasteiger partial charge in [-0.15, -0.1) is 10.2 Å². The van der Waals surface area contributed by atoms with Crippen LogP contribution in [0.2, 0.25) is 0 Å². The summed E-state index contributed by atoms with van der Waals surface area (Å²) in [6.45, 7) is 11.8. The highest BCUT2D eigenvalue weighted by Crippen LogP contribution is 2.38. The number of hydrogen-bond donors (Lipinski definition) is 0. The molecule has 0 fully saturated rings. The maximum atomic E-state index is 4.51. The van der Waals surface area contributed by atoms with E-state index in [1.54, 1.807) is 4.80 Å². The van der Waals surface area contributed by atoms with Crippen molar-refractivity contribution in [2.75, 3.05) is 11.4 Å². The van der Waals surface area contributed by atoms with Gasteiger partial charge in [-0.05, 0) is 57.9 Å². The van der Waals surface area contributed by atoms with Gasteiger partial charge in [-0.1, -0.05) is 18.2 Å². The van der Waals surface area contributed by atoms with Gasteiger partial charge in [0, 0.05) is 24.2 Å². The molecular weight excluding hydrogens is 274 g/mol. The third-order valence-electron chi connectivity index (χ3n) is 4.25. The maximum Gasteiger partial charge on any atom is 0.176 e. The summed E-state index contributed by atoms with van der Waals surface area (Å²) in [7, 11) is 0. The smallest absolute Gasteiger partial charge is 0.176 e. The Labute approximate surface area is 132 Å². The van der Waals surface area contributed by atoms with Crippen LogP contribution in [-0.2, 0) is 18.4 Å². The lowest BCUT2D eigenvalue weighted by molar-refractivity contribution is 0.305. The van der Waals surface area contributed by atoms with Crippen LogP contribution in [0.5, 0.6) is 0 Å². The van der Waals surface area contributed by atoms with Crippen LogP contribution in [0.15, 0.2) is 24.3 Å². The Morgan fingerprint density at radius 2 is 1.91 bits per heavy atom. The van der Waals surface area contributed by atoms with E-state index in [1.807, 2.05) is 0 Å². The van der Waals surface area contributed by atoms with E-state index in [4.69, 9.17) is 0 Å². The van der Waals surface area contributed by atoms with E-state index in [0.717, 1.165) is 25.2 Å². The third-order valence-corrected chi connectivity index (χ3v) is 4.25. The van der Waals surface area contributed by atoms with Crippen molar-refractivity contribution < 1.29 is 0 Å². The second-order valence-electron chi connectivity index (χ2n) is 7.69. The lowest BCUT2D eigenvalue weighted by Crippen LogP contribution is -2.42. The quantitative estimate of drug-likeness (QED) is 0.874. The molecule has 0 saturated carbocycles. The molecule has 2 aromatic rings. The minimum absolute atomic E-state index is 0.120. The third kappa shape index (κ3) is 2.72. The molecule has 118 valence electrons. The number of hydrogen-bond acceptors (Lipinski definition) is 4. The Bertz CT molecular complexity index is 666. The van der Waals surface area contributed by atoms with Gasteiger partial charge in [-0.3, -0.25) is 0 Å². The van der Waals surface area contributed by atoms with Crippen molar-refractivity contribution >= 4 is 5.69 Å². The molecule has 1 aromatic heterocycles. The van der Waals surface area contributed by atoms with E-state index in [-0.39, 0.29) is 11.1 Å². The first-order valence-electron chi connectivity index (χ1n) is 7.92. The fraction of sp³-hybridized carbons (Fsp3) is 0.588. The van der Waals surface area contributed by atoms with Crippen LogP contribution < -0.4 is 4.90 Å². The summed E-state index contributed by atoms with van der Waals surface area (Å²) >= 11 is 0. The predicted molar refractivity (Wildman–Crippen MR) is 88.1 cm³/mol. The summed E-state index contributed by atoms with van der Waals surface area (Å²) < 4.78 is 0. The molecule has 1 aromatic carbocycles. The normalized spacial score (nSPS) is 16.9. The minimum atomic E-state index is -0.120. The second-order valence-corrected chi connectivity index (χ2v) is 7.69. The van der Waals surface area contributed by atoms with Gasteiger partial charge in [0.05, 0.1) is 5.54 Å². The number of benzene rings is 1. The average molecular weight is 299 g/mol. The molecule has 5 nitrogen and oxygen atoms in total. The number of para-hydroxylation sites is 1. The highest BCUT2D eigenvalue weighted by molar-refractivity contribution is 5.61. The summed E-state index contributed by atoms with van der Waals surface area (Å²) in [5, 5.41) is 12.9. The lowest BCUT2D eigenvalue weighted by atomic mass is 9.99. The molecule has 0 unspecified atom stereocenters. The molecule has 3 rings (SSSR count). The Morgan fingerprint density at radius 1 is 1.18 bits per heavy atom. The fourth-order valence-corrected chi connectivity index (χ4v) is 3.07. The van der Waals surface area contributed by atoms with Gasteiger partial charge in [0.1, 0.15) is 0 Å². The molecule has 1 aliphatic heterocycles. The Balaban J connectivity index is 1.75. The van der Waals surface area contributed by atoms with Crippen molar-refractivity contribution in [1.29, 1.82) is 0 Å². The zero-order valence-corrected chi connectivity index (χ0v) is 14.2. The van der Waals surface area contributed by atoms with Gasteiger partial charge >= 0.3 is 0 Å². The van der Waals surface area contributed by atoms with E-state index in [0.29, 0.717) is 0 Å². The molecular formula is C17H25N5. The average Bonchev–Trinajstić information content (AvgIpc) is 2.97. The molecule has 0 spiro atoms. The Kier molecular flexibility index (Phi) is 3.46. The van der Waals surface area contributed by atoms with Crippen molar-refractivity contribution in [2.24, 2.45) is 0 Å². The first-order valence-corrected chi connectivity index (χ1v) is 7.92. The summed E-state index contributed by atoms with van der Waals surface area (Å²) in [5.74, 6) is 0.815. The summed E-state index contributed by atoms with van der Waals surface area (Å²) in [6, 6.07) is 8.67. The summed E-state index contributed by atoms with van der Waals surface area (Å²) in [5.41, 5.74) is 2.79. The van der Waals surface area contributed by atoms with Crippen molar-refractivity contribution in [3.05, 3.63) is 35.7 Å². The molecule has 5 heteroatoms. The largest absolute Gasteiger partial charge is 0.365 e.